The summed E-state index contributed by atoms with van der Waals surface area (Å²) in [7, 11) is 0. The van der Waals surface area contributed by atoms with E-state index in [9.17, 15) is 4.79 Å². The molecule has 0 aliphatic carbocycles. The zero-order chi connectivity index (χ0) is 5.28. The average Bonchev–Trinajstić information content (AvgIpc) is 1.91. The Labute approximate surface area is 44.4 Å². The molecular weight excluding hydrogens is 90.1 g/mol. The topological polar surface area (TPSA) is 29.1 Å². The van der Waals surface area contributed by atoms with E-state index in [0.29, 0.717) is 0 Å². The number of carbonyl (C=O) groups is 1. The van der Waals surface area contributed by atoms with Crippen molar-refractivity contribution >= 4 is 5.91 Å². The fraction of sp³-hybridized carbons (Fsp3) is 0.800. The second kappa shape index (κ2) is 1.52. The van der Waals surface area contributed by atoms with E-state index in [0.717, 1.165) is 13.0 Å². The third-order valence-electron chi connectivity index (χ3n) is 1.32. The predicted octanol–water partition coefficient (Wildman–Crippen LogP) is 0.388. The van der Waals surface area contributed by atoms with Gasteiger partial charge in [0.2, 0.25) is 5.91 Å². The van der Waals surface area contributed by atoms with Crippen molar-refractivity contribution in [1.29, 1.82) is 0 Å². The monoisotopic (exact) mass is 101 g/mol. The Morgan fingerprint density at radius 3 is 2.86 bits per heavy atom. The molecule has 1 aliphatic rings. The minimum atomic E-state index is 0. The van der Waals surface area contributed by atoms with Crippen molar-refractivity contribution in [2.24, 2.45) is 5.92 Å². The van der Waals surface area contributed by atoms with Crippen molar-refractivity contribution in [1.82, 2.24) is 5.32 Å². The second-order valence-electron chi connectivity index (χ2n) is 1.98. The number of hydrogen-bond acceptors (Lipinski definition) is 1. The molecule has 1 rings (SSSR count). The number of carbonyl (C=O) groups excluding carboxylic acids is 1. The lowest BCUT2D eigenvalue weighted by Crippen LogP contribution is -2.16. The van der Waals surface area contributed by atoms with Gasteiger partial charge in [0.25, 0.3) is 0 Å². The summed E-state index contributed by atoms with van der Waals surface area (Å²) >= 11 is 0. The van der Waals surface area contributed by atoms with Crippen LogP contribution in [0, 0.1) is 5.92 Å². The maximum absolute atomic E-state index is 10.5. The van der Waals surface area contributed by atoms with Crippen LogP contribution in [0.25, 0.3) is 0 Å². The van der Waals surface area contributed by atoms with E-state index in [1.165, 1.54) is 0 Å². The average molecular weight is 101 g/mol. The molecule has 0 bridgehead atoms. The number of nitrogens with one attached hydrogen (secondary N) is 1. The number of amides is 1. The zero-order valence-corrected chi connectivity index (χ0v) is 4.40. The van der Waals surface area contributed by atoms with Gasteiger partial charge in [-0.1, -0.05) is 6.92 Å². The molecule has 1 saturated heterocycles. The molecule has 42 valence electrons. The van der Waals surface area contributed by atoms with Crippen LogP contribution in [0.4, 0.5) is 0 Å². The summed E-state index contributed by atoms with van der Waals surface area (Å²) in [6.07, 6.45) is 1.01. The lowest BCUT2D eigenvalue weighted by molar-refractivity contribution is -0.121. The Hall–Kier alpha value is -0.530. The highest BCUT2D eigenvalue weighted by Gasteiger charge is 2.17. The molecule has 0 aromatic heterocycles. The summed E-state index contributed by atoms with van der Waals surface area (Å²) < 4.78 is 0. The van der Waals surface area contributed by atoms with Gasteiger partial charge in [-0.15, -0.1) is 0 Å². The highest BCUT2D eigenvalue weighted by molar-refractivity contribution is 5.80. The van der Waals surface area contributed by atoms with Crippen molar-refractivity contribution in [3.8, 4) is 0 Å². The second-order valence-corrected chi connectivity index (χ2v) is 1.98. The molecule has 1 aliphatic heterocycles. The third-order valence-corrected chi connectivity index (χ3v) is 1.32. The van der Waals surface area contributed by atoms with Crippen LogP contribution in [0.15, 0.2) is 0 Å². The Bertz CT molecular complexity index is 94.4. The molecule has 2 nitrogen and oxygen atoms in total. The standard InChI is InChI=1S/C5H9NO.H2/c1-4-2-3-6-5(4)7;/h4H,2-3H2,1H3,(H,6,7);1H/t4-;/m1./s1. The van der Waals surface area contributed by atoms with Gasteiger partial charge < -0.3 is 5.32 Å². The Kier molecular flexibility index (Phi) is 1.01. The van der Waals surface area contributed by atoms with Crippen molar-refractivity contribution in [3.63, 3.8) is 0 Å². The lowest BCUT2D eigenvalue weighted by atomic mass is 10.1. The highest BCUT2D eigenvalue weighted by atomic mass is 16.2. The molecule has 1 amide bonds. The van der Waals surface area contributed by atoms with E-state index in [2.05, 4.69) is 5.32 Å². The Morgan fingerprint density at radius 2 is 2.71 bits per heavy atom. The fourth-order valence-electron chi connectivity index (χ4n) is 0.717. The first-order chi connectivity index (χ1) is 3.30. The molecule has 0 aromatic carbocycles. The zero-order valence-electron chi connectivity index (χ0n) is 4.40. The van der Waals surface area contributed by atoms with Crippen LogP contribution < -0.4 is 5.32 Å². The van der Waals surface area contributed by atoms with E-state index in [1.807, 2.05) is 6.92 Å². The van der Waals surface area contributed by atoms with Gasteiger partial charge in [-0.25, -0.2) is 0 Å². The molecule has 1 N–H and O–H groups in total. The van der Waals surface area contributed by atoms with Gasteiger partial charge in [-0.3, -0.25) is 4.79 Å². The summed E-state index contributed by atoms with van der Waals surface area (Å²) in [6.45, 7) is 2.82. The van der Waals surface area contributed by atoms with E-state index in [1.54, 1.807) is 0 Å². The Morgan fingerprint density at radius 1 is 2.00 bits per heavy atom. The van der Waals surface area contributed by atoms with E-state index in [4.69, 9.17) is 0 Å². The quantitative estimate of drug-likeness (QED) is 0.470. The molecule has 1 atom stereocenters. The van der Waals surface area contributed by atoms with E-state index in [-0.39, 0.29) is 13.3 Å². The summed E-state index contributed by atoms with van der Waals surface area (Å²) in [4.78, 5) is 10.5. The van der Waals surface area contributed by atoms with Crippen LogP contribution in [0.3, 0.4) is 0 Å². The molecule has 0 aromatic rings. The number of rotatable bonds is 0. The first-order valence-electron chi connectivity index (χ1n) is 2.58. The summed E-state index contributed by atoms with van der Waals surface area (Å²) in [5, 5.41) is 2.73. The molecule has 0 radical (unpaired) electrons. The molecule has 1 heterocycles. The molecule has 0 unspecified atom stereocenters. The SMILES string of the molecule is C[C@@H]1CCNC1=O.[HH]. The summed E-state index contributed by atoms with van der Waals surface area (Å²) in [5.74, 6) is 0.472. The molecule has 1 fully saturated rings. The molecule has 2 heteroatoms. The van der Waals surface area contributed by atoms with Gasteiger partial charge in [0.15, 0.2) is 0 Å². The first-order valence-corrected chi connectivity index (χ1v) is 2.58. The summed E-state index contributed by atoms with van der Waals surface area (Å²) in [5.41, 5.74) is 0. The van der Waals surface area contributed by atoms with Crippen molar-refractivity contribution in [2.45, 2.75) is 13.3 Å². The van der Waals surface area contributed by atoms with Crippen LogP contribution in [-0.4, -0.2) is 12.5 Å². The van der Waals surface area contributed by atoms with Crippen molar-refractivity contribution < 1.29 is 6.22 Å². The van der Waals surface area contributed by atoms with E-state index < -0.39 is 0 Å². The Balaban J connectivity index is 0.000000490. The van der Waals surface area contributed by atoms with Gasteiger partial charge in [-0.05, 0) is 6.42 Å². The third kappa shape index (κ3) is 0.734. The largest absolute Gasteiger partial charge is 0.356 e. The minimum absolute atomic E-state index is 0. The lowest BCUT2D eigenvalue weighted by Gasteiger charge is -1.90. The van der Waals surface area contributed by atoms with E-state index >= 15 is 0 Å². The van der Waals surface area contributed by atoms with Gasteiger partial charge in [0, 0.05) is 13.9 Å². The van der Waals surface area contributed by atoms with Crippen LogP contribution in [0.1, 0.15) is 14.8 Å². The van der Waals surface area contributed by atoms with Crippen molar-refractivity contribution in [3.05, 3.63) is 0 Å². The smallest absolute Gasteiger partial charge is 0.222 e. The normalized spacial score (nSPS) is 30.4. The molecule has 7 heavy (non-hydrogen) atoms. The van der Waals surface area contributed by atoms with Gasteiger partial charge in [0.05, 0.1) is 0 Å². The summed E-state index contributed by atoms with van der Waals surface area (Å²) in [6, 6.07) is 0. The van der Waals surface area contributed by atoms with Gasteiger partial charge >= 0.3 is 0 Å². The fourth-order valence-corrected chi connectivity index (χ4v) is 0.717. The maximum atomic E-state index is 10.5. The molecule has 0 saturated carbocycles. The minimum Gasteiger partial charge on any atom is -0.356 e. The van der Waals surface area contributed by atoms with Crippen LogP contribution in [0.2, 0.25) is 0 Å². The van der Waals surface area contributed by atoms with Crippen molar-refractivity contribution in [2.75, 3.05) is 6.54 Å². The highest BCUT2D eigenvalue weighted by Crippen LogP contribution is 2.05. The molecule has 0 spiro atoms. The van der Waals surface area contributed by atoms with Crippen LogP contribution in [0.5, 0.6) is 0 Å². The van der Waals surface area contributed by atoms with Gasteiger partial charge in [0.1, 0.15) is 0 Å². The van der Waals surface area contributed by atoms with Crippen LogP contribution >= 0.6 is 0 Å². The molecular formula is C5H11NO. The first kappa shape index (κ1) is 4.62. The number of hydrogen-bond donors (Lipinski definition) is 1. The van der Waals surface area contributed by atoms with Gasteiger partial charge in [-0.2, -0.15) is 0 Å². The maximum Gasteiger partial charge on any atom is 0.222 e. The van der Waals surface area contributed by atoms with Crippen LogP contribution in [-0.2, 0) is 4.79 Å². The predicted molar refractivity (Wildman–Crippen MR) is 28.9 cm³/mol.